The summed E-state index contributed by atoms with van der Waals surface area (Å²) in [6, 6.07) is 10.6. The molecule has 1 fully saturated rings. The van der Waals surface area contributed by atoms with E-state index < -0.39 is 12.1 Å². The molecule has 3 rings (SSSR count). The maximum Gasteiger partial charge on any atom is 0.415 e. The summed E-state index contributed by atoms with van der Waals surface area (Å²) in [4.78, 5) is 39.6. The van der Waals surface area contributed by atoms with Crippen LogP contribution in [-0.2, 0) is 4.79 Å². The first-order valence-corrected chi connectivity index (χ1v) is 11.3. The Morgan fingerprint density at radius 3 is 2.75 bits per heavy atom. The quantitative estimate of drug-likeness (QED) is 0.450. The second-order valence-electron chi connectivity index (χ2n) is 7.88. The summed E-state index contributed by atoms with van der Waals surface area (Å²) in [6.45, 7) is 1.72. The number of piperazine rings is 1. The molecule has 9 heteroatoms. The highest BCUT2D eigenvalue weighted by atomic mass is 35.5. The van der Waals surface area contributed by atoms with Gasteiger partial charge in [0.25, 0.3) is 0 Å². The van der Waals surface area contributed by atoms with E-state index in [-0.39, 0.29) is 24.7 Å². The summed E-state index contributed by atoms with van der Waals surface area (Å²) in [7, 11) is 1.90. The lowest BCUT2D eigenvalue weighted by atomic mass is 10.1. The number of benzene rings is 2. The molecule has 1 aliphatic heterocycles. The van der Waals surface area contributed by atoms with Gasteiger partial charge in [-0.15, -0.1) is 0 Å². The third kappa shape index (κ3) is 5.95. The summed E-state index contributed by atoms with van der Waals surface area (Å²) in [6.07, 6.45) is 2.64. The van der Waals surface area contributed by atoms with Gasteiger partial charge in [-0.1, -0.05) is 53.5 Å². The Morgan fingerprint density at radius 1 is 1.16 bits per heavy atom. The fraction of sp³-hybridized carbons (Fsp3) is 0.478. The van der Waals surface area contributed by atoms with Crippen molar-refractivity contribution in [3.63, 3.8) is 0 Å². The summed E-state index contributed by atoms with van der Waals surface area (Å²) in [5, 5.41) is 8.19. The first-order valence-electron chi connectivity index (χ1n) is 10.9. The van der Waals surface area contributed by atoms with Crippen molar-refractivity contribution in [1.29, 1.82) is 0 Å². The first kappa shape index (κ1) is 23.9. The Hall–Kier alpha value is -2.71. The molecular weight excluding hydrogens is 432 g/mol. The molecule has 32 heavy (non-hydrogen) atoms. The number of hydrogen-bond donors (Lipinski definition) is 1. The minimum absolute atomic E-state index is 0.00583. The third-order valence-corrected chi connectivity index (χ3v) is 6.08. The fourth-order valence-electron chi connectivity index (χ4n) is 3.94. The van der Waals surface area contributed by atoms with Crippen molar-refractivity contribution in [2.45, 2.75) is 31.7 Å². The van der Waals surface area contributed by atoms with Crippen LogP contribution in [0.1, 0.15) is 25.7 Å². The fourth-order valence-corrected chi connectivity index (χ4v) is 4.21. The molecule has 0 aromatic heterocycles. The van der Waals surface area contributed by atoms with E-state index in [2.05, 4.69) is 10.5 Å². The van der Waals surface area contributed by atoms with Crippen molar-refractivity contribution in [3.8, 4) is 5.75 Å². The van der Waals surface area contributed by atoms with Crippen LogP contribution in [0.2, 0.25) is 5.02 Å². The van der Waals surface area contributed by atoms with Gasteiger partial charge in [-0.2, -0.15) is 4.91 Å². The van der Waals surface area contributed by atoms with E-state index in [1.54, 1.807) is 11.0 Å². The molecule has 1 unspecified atom stereocenters. The van der Waals surface area contributed by atoms with E-state index in [4.69, 9.17) is 16.3 Å². The van der Waals surface area contributed by atoms with Gasteiger partial charge in [-0.25, -0.2) is 4.79 Å². The molecule has 0 saturated carbocycles. The van der Waals surface area contributed by atoms with Gasteiger partial charge in [0.1, 0.15) is 6.54 Å². The number of carbonyl (C=O) groups excluding carboxylic acids is 2. The lowest BCUT2D eigenvalue weighted by Crippen LogP contribution is -2.58. The molecule has 0 radical (unpaired) electrons. The minimum Gasteiger partial charge on any atom is -0.409 e. The maximum absolute atomic E-state index is 12.8. The number of rotatable bonds is 9. The molecule has 0 bridgehead atoms. The number of hydrogen-bond acceptors (Lipinski definition) is 6. The molecule has 0 aliphatic carbocycles. The summed E-state index contributed by atoms with van der Waals surface area (Å²) < 4.78 is 5.55. The van der Waals surface area contributed by atoms with Crippen LogP contribution in [0, 0.1) is 4.91 Å². The first-order chi connectivity index (χ1) is 15.5. The number of halogens is 1. The van der Waals surface area contributed by atoms with Crippen molar-refractivity contribution in [3.05, 3.63) is 46.3 Å². The minimum atomic E-state index is -0.558. The average Bonchev–Trinajstić information content (AvgIpc) is 2.81. The monoisotopic (exact) mass is 460 g/mol. The Labute approximate surface area is 192 Å². The normalized spacial score (nSPS) is 16.2. The topological polar surface area (TPSA) is 91.3 Å². The van der Waals surface area contributed by atoms with E-state index in [0.29, 0.717) is 24.5 Å². The van der Waals surface area contributed by atoms with E-state index in [0.717, 1.165) is 36.6 Å². The Bertz CT molecular complexity index is 955. The molecule has 1 aliphatic rings. The number of nitroso groups, excluding NO2 is 1. The van der Waals surface area contributed by atoms with Gasteiger partial charge in [0.05, 0.1) is 11.1 Å². The maximum atomic E-state index is 12.8. The molecule has 0 spiro atoms. The van der Waals surface area contributed by atoms with Gasteiger partial charge in [0, 0.05) is 31.4 Å². The predicted octanol–water partition coefficient (Wildman–Crippen LogP) is 4.05. The highest BCUT2D eigenvalue weighted by molar-refractivity contribution is 6.37. The molecule has 172 valence electrons. The smallest absolute Gasteiger partial charge is 0.409 e. The summed E-state index contributed by atoms with van der Waals surface area (Å²) in [5.41, 5.74) is 0. The highest BCUT2D eigenvalue weighted by Gasteiger charge is 2.33. The second kappa shape index (κ2) is 11.8. The molecule has 1 saturated heterocycles. The number of ether oxygens (including phenoxy) is 1. The van der Waals surface area contributed by atoms with Crippen LogP contribution in [0.15, 0.2) is 41.6 Å². The van der Waals surface area contributed by atoms with Gasteiger partial charge in [0.15, 0.2) is 5.75 Å². The zero-order valence-corrected chi connectivity index (χ0v) is 19.0. The summed E-state index contributed by atoms with van der Waals surface area (Å²) >= 11 is 6.44. The molecule has 1 N–H and O–H groups in total. The number of fused-ring (bicyclic) bond motifs is 1. The van der Waals surface area contributed by atoms with E-state index >= 15 is 0 Å². The zero-order chi connectivity index (χ0) is 22.9. The second-order valence-corrected chi connectivity index (χ2v) is 8.26. The molecule has 2 aromatic rings. The number of nitrogens with one attached hydrogen (secondary N) is 1. The number of nitrogens with zero attached hydrogens (tertiary/aromatic N) is 3. The molecule has 8 nitrogen and oxygen atoms in total. The van der Waals surface area contributed by atoms with Crippen molar-refractivity contribution >= 4 is 34.4 Å². The average molecular weight is 461 g/mol. The van der Waals surface area contributed by atoms with E-state index in [1.165, 1.54) is 4.90 Å². The lowest BCUT2D eigenvalue weighted by molar-refractivity contribution is -0.135. The van der Waals surface area contributed by atoms with Crippen LogP contribution >= 0.6 is 11.6 Å². The molecular formula is C23H29ClN4O4. The van der Waals surface area contributed by atoms with Crippen molar-refractivity contribution in [2.75, 3.05) is 39.8 Å². The molecule has 2 aromatic carbocycles. The third-order valence-electron chi connectivity index (χ3n) is 5.69. The standard InChI is InChI=1S/C23H29ClN4O4/c1-25-12-6-2-3-9-21(29)28-14-13-27(16-18(28)15-26-31)23(30)32-20-11-10-17-7-4-5-8-19(17)22(20)24/h4-5,7-8,10-11,18,25H,2-3,6,9,12-16H2,1H3. The molecule has 1 atom stereocenters. The van der Waals surface area contributed by atoms with Gasteiger partial charge in [0.2, 0.25) is 5.91 Å². The van der Waals surface area contributed by atoms with Crippen LogP contribution < -0.4 is 10.1 Å². The van der Waals surface area contributed by atoms with Gasteiger partial charge >= 0.3 is 6.09 Å². The summed E-state index contributed by atoms with van der Waals surface area (Å²) in [5.74, 6) is 0.272. The van der Waals surface area contributed by atoms with Crippen molar-refractivity contribution in [1.82, 2.24) is 15.1 Å². The number of amides is 2. The SMILES string of the molecule is CNCCCCCC(=O)N1CCN(C(=O)Oc2ccc3ccccc3c2Cl)CC1CN=O. The van der Waals surface area contributed by atoms with Crippen LogP contribution in [0.25, 0.3) is 10.8 Å². The van der Waals surface area contributed by atoms with Gasteiger partial charge in [-0.05, 0) is 37.9 Å². The van der Waals surface area contributed by atoms with Gasteiger partial charge < -0.3 is 19.9 Å². The van der Waals surface area contributed by atoms with Crippen LogP contribution in [0.4, 0.5) is 4.79 Å². The van der Waals surface area contributed by atoms with E-state index in [1.807, 2.05) is 37.4 Å². The largest absolute Gasteiger partial charge is 0.415 e. The van der Waals surface area contributed by atoms with Crippen molar-refractivity contribution in [2.24, 2.45) is 5.18 Å². The van der Waals surface area contributed by atoms with Crippen LogP contribution in [0.3, 0.4) is 0 Å². The zero-order valence-electron chi connectivity index (χ0n) is 18.3. The number of unbranched alkanes of at least 4 members (excludes halogenated alkanes) is 2. The molecule has 2 amide bonds. The lowest BCUT2D eigenvalue weighted by Gasteiger charge is -2.40. The molecule has 1 heterocycles. The highest BCUT2D eigenvalue weighted by Crippen LogP contribution is 2.33. The Balaban J connectivity index is 1.60. The Kier molecular flexibility index (Phi) is 8.81. The Morgan fingerprint density at radius 2 is 1.97 bits per heavy atom. The predicted molar refractivity (Wildman–Crippen MR) is 125 cm³/mol. The van der Waals surface area contributed by atoms with Gasteiger partial charge in [-0.3, -0.25) is 4.79 Å². The van der Waals surface area contributed by atoms with Crippen molar-refractivity contribution < 1.29 is 14.3 Å². The van der Waals surface area contributed by atoms with Crippen LogP contribution in [-0.4, -0.2) is 67.6 Å². The number of carbonyl (C=O) groups is 2. The van der Waals surface area contributed by atoms with Crippen LogP contribution in [0.5, 0.6) is 5.75 Å². The van der Waals surface area contributed by atoms with E-state index in [9.17, 15) is 14.5 Å².